The molecule has 0 N–H and O–H groups in total. The summed E-state index contributed by atoms with van der Waals surface area (Å²) in [6, 6.07) is 19.7. The van der Waals surface area contributed by atoms with Gasteiger partial charge < -0.3 is 14.7 Å². The molecule has 0 saturated carbocycles. The van der Waals surface area contributed by atoms with Crippen molar-refractivity contribution in [2.75, 3.05) is 31.1 Å². The number of thioether (sulfide) groups is 1. The van der Waals surface area contributed by atoms with Crippen LogP contribution in [-0.2, 0) is 0 Å². The van der Waals surface area contributed by atoms with Crippen molar-refractivity contribution in [3.8, 4) is 0 Å². The first-order chi connectivity index (χ1) is 13.4. The summed E-state index contributed by atoms with van der Waals surface area (Å²) in [6.45, 7) is 4.91. The van der Waals surface area contributed by atoms with Gasteiger partial charge in [0.1, 0.15) is 0 Å². The normalized spacial score (nSPS) is 21.9. The average Bonchev–Trinajstić information content (AvgIpc) is 3.26. The van der Waals surface area contributed by atoms with Crippen LogP contribution in [0.4, 0.5) is 5.69 Å². The van der Waals surface area contributed by atoms with E-state index in [-0.39, 0.29) is 0 Å². The van der Waals surface area contributed by atoms with Crippen LogP contribution in [0.2, 0.25) is 0 Å². The van der Waals surface area contributed by atoms with Crippen LogP contribution in [0.3, 0.4) is 0 Å². The van der Waals surface area contributed by atoms with Crippen LogP contribution in [0.1, 0.15) is 31.2 Å². The Morgan fingerprint density at radius 3 is 2.48 bits per heavy atom. The number of hydrogen-bond donors (Lipinski definition) is 0. The molecule has 0 bridgehead atoms. The summed E-state index contributed by atoms with van der Waals surface area (Å²) in [5, 5.41) is 0. The topological polar surface area (TPSA) is 9.72 Å². The number of nitrogens with zero attached hydrogens (tertiary/aromatic N) is 3. The van der Waals surface area contributed by atoms with Crippen molar-refractivity contribution >= 4 is 23.1 Å². The first-order valence-electron chi connectivity index (χ1n) is 10.2. The van der Waals surface area contributed by atoms with Gasteiger partial charge in [0.05, 0.1) is 11.4 Å². The number of para-hydroxylation sites is 1. The number of piperidine rings is 1. The van der Waals surface area contributed by atoms with Gasteiger partial charge in [-0.05, 0) is 56.6 Å². The quantitative estimate of drug-likeness (QED) is 0.719. The lowest BCUT2D eigenvalue weighted by molar-refractivity contribution is 0.217. The largest absolute Gasteiger partial charge is 0.340 e. The van der Waals surface area contributed by atoms with Crippen molar-refractivity contribution in [2.45, 2.75) is 36.1 Å². The lowest BCUT2D eigenvalue weighted by atomic mass is 10.1. The number of fused-ring (bicyclic) bond motifs is 3. The summed E-state index contributed by atoms with van der Waals surface area (Å²) in [5.74, 6) is 0. The Morgan fingerprint density at radius 2 is 1.63 bits per heavy atom. The van der Waals surface area contributed by atoms with E-state index in [9.17, 15) is 0 Å². The fourth-order valence-corrected chi connectivity index (χ4v) is 5.77. The average molecular weight is 378 g/mol. The van der Waals surface area contributed by atoms with E-state index in [0.717, 1.165) is 6.54 Å². The van der Waals surface area contributed by atoms with E-state index >= 15 is 0 Å². The van der Waals surface area contributed by atoms with Crippen molar-refractivity contribution in [1.82, 2.24) is 9.80 Å². The molecule has 1 unspecified atom stereocenters. The van der Waals surface area contributed by atoms with Crippen LogP contribution in [0, 0.1) is 0 Å². The number of likely N-dealkylation sites (tertiary alicyclic amines) is 1. The molecule has 2 aromatic carbocycles. The first-order valence-corrected chi connectivity index (χ1v) is 11.1. The van der Waals surface area contributed by atoms with Gasteiger partial charge in [-0.3, -0.25) is 0 Å². The third-order valence-electron chi connectivity index (χ3n) is 5.84. The molecule has 1 fully saturated rings. The van der Waals surface area contributed by atoms with Crippen LogP contribution in [0.25, 0.3) is 5.70 Å². The highest BCUT2D eigenvalue weighted by atomic mass is 32.2. The molecule has 3 aliphatic heterocycles. The van der Waals surface area contributed by atoms with E-state index in [2.05, 4.69) is 75.5 Å². The van der Waals surface area contributed by atoms with E-state index in [1.807, 2.05) is 11.8 Å². The summed E-state index contributed by atoms with van der Waals surface area (Å²) in [7, 11) is 0. The molecule has 0 spiro atoms. The van der Waals surface area contributed by atoms with Crippen LogP contribution in [0.15, 0.2) is 65.7 Å². The van der Waals surface area contributed by atoms with Gasteiger partial charge in [0.15, 0.2) is 5.50 Å². The van der Waals surface area contributed by atoms with Crippen LogP contribution < -0.4 is 4.90 Å². The summed E-state index contributed by atoms with van der Waals surface area (Å²) in [4.78, 5) is 9.12. The van der Waals surface area contributed by atoms with Gasteiger partial charge in [-0.2, -0.15) is 0 Å². The van der Waals surface area contributed by atoms with Gasteiger partial charge in [0, 0.05) is 17.6 Å². The highest BCUT2D eigenvalue weighted by Crippen LogP contribution is 2.50. The molecule has 3 nitrogen and oxygen atoms in total. The highest BCUT2D eigenvalue weighted by molar-refractivity contribution is 8.00. The fraction of sp³-hybridized carbons (Fsp3) is 0.391. The summed E-state index contributed by atoms with van der Waals surface area (Å²) in [6.07, 6.45) is 7.75. The zero-order valence-corrected chi connectivity index (χ0v) is 16.6. The minimum Gasteiger partial charge on any atom is -0.340 e. The molecule has 1 saturated heterocycles. The number of hydrogen-bond acceptors (Lipinski definition) is 4. The lowest BCUT2D eigenvalue weighted by Crippen LogP contribution is -2.37. The van der Waals surface area contributed by atoms with Crippen molar-refractivity contribution in [2.24, 2.45) is 0 Å². The third kappa shape index (κ3) is 3.37. The van der Waals surface area contributed by atoms with Crippen LogP contribution >= 0.6 is 11.8 Å². The fourth-order valence-electron chi connectivity index (χ4n) is 4.46. The molecule has 5 rings (SSSR count). The van der Waals surface area contributed by atoms with Crippen molar-refractivity contribution < 1.29 is 0 Å². The van der Waals surface area contributed by atoms with Crippen LogP contribution in [0.5, 0.6) is 0 Å². The second-order valence-corrected chi connectivity index (χ2v) is 8.75. The van der Waals surface area contributed by atoms with Crippen LogP contribution in [-0.4, -0.2) is 41.5 Å². The zero-order valence-electron chi connectivity index (χ0n) is 15.8. The van der Waals surface area contributed by atoms with Crippen molar-refractivity contribution in [3.05, 3.63) is 66.4 Å². The Bertz CT molecular complexity index is 813. The van der Waals surface area contributed by atoms with E-state index in [1.54, 1.807) is 0 Å². The minimum atomic E-state index is 0.360. The van der Waals surface area contributed by atoms with Gasteiger partial charge in [-0.1, -0.05) is 60.6 Å². The summed E-state index contributed by atoms with van der Waals surface area (Å²) >= 11 is 1.99. The molecule has 0 aliphatic carbocycles. The smallest absolute Gasteiger partial charge is 0.159 e. The predicted molar refractivity (Wildman–Crippen MR) is 115 cm³/mol. The second-order valence-electron chi connectivity index (χ2n) is 7.65. The Morgan fingerprint density at radius 1 is 0.852 bits per heavy atom. The number of benzene rings is 2. The summed E-state index contributed by atoms with van der Waals surface area (Å²) in [5.41, 5.74) is 4.39. The van der Waals surface area contributed by atoms with Gasteiger partial charge >= 0.3 is 0 Å². The van der Waals surface area contributed by atoms with Gasteiger partial charge in [-0.25, -0.2) is 0 Å². The molecule has 0 amide bonds. The molecule has 3 aliphatic rings. The predicted octanol–water partition coefficient (Wildman–Crippen LogP) is 5.07. The number of anilines is 1. The van der Waals surface area contributed by atoms with E-state index in [4.69, 9.17) is 0 Å². The molecule has 2 aromatic rings. The Balaban J connectivity index is 1.36. The Labute approximate surface area is 166 Å². The van der Waals surface area contributed by atoms with Crippen molar-refractivity contribution in [1.29, 1.82) is 0 Å². The maximum absolute atomic E-state index is 2.65. The molecule has 4 heteroatoms. The standard InChI is InChI=1S/C23H27N3S/c1-3-10-19(11-4-1)21-18-26-20-12-5-6-13-22(20)27-23(26)25(21)17-9-16-24-14-7-2-8-15-24/h1,3-6,10-13,18,23H,2,7-9,14-17H2. The highest BCUT2D eigenvalue weighted by Gasteiger charge is 2.39. The minimum absolute atomic E-state index is 0.360. The molecule has 27 heavy (non-hydrogen) atoms. The second kappa shape index (κ2) is 7.61. The molecule has 1 atom stereocenters. The van der Waals surface area contributed by atoms with Gasteiger partial charge in [0.2, 0.25) is 0 Å². The van der Waals surface area contributed by atoms with Gasteiger partial charge in [0.25, 0.3) is 0 Å². The lowest BCUT2D eigenvalue weighted by Gasteiger charge is -2.31. The van der Waals surface area contributed by atoms with Gasteiger partial charge in [-0.15, -0.1) is 0 Å². The monoisotopic (exact) mass is 377 g/mol. The van der Waals surface area contributed by atoms with E-state index in [1.165, 1.54) is 67.2 Å². The maximum Gasteiger partial charge on any atom is 0.159 e. The molecular weight excluding hydrogens is 350 g/mol. The van der Waals surface area contributed by atoms with E-state index in [0.29, 0.717) is 5.50 Å². The van der Waals surface area contributed by atoms with Crippen molar-refractivity contribution in [3.63, 3.8) is 0 Å². The Kier molecular flexibility index (Phi) is 4.85. The summed E-state index contributed by atoms with van der Waals surface area (Å²) < 4.78 is 0. The molecular formula is C23H27N3S. The maximum atomic E-state index is 2.65. The van der Waals surface area contributed by atoms with E-state index < -0.39 is 0 Å². The SMILES string of the molecule is C1=C(c2ccccc2)N(CCCN2CCCCC2)C2Sc3ccccc3N12. The first kappa shape index (κ1) is 17.2. The number of rotatable bonds is 5. The molecule has 0 aromatic heterocycles. The zero-order chi connectivity index (χ0) is 18.1. The molecule has 0 radical (unpaired) electrons. The molecule has 140 valence electrons. The molecule has 3 heterocycles. The Hall–Kier alpha value is -1.91. The third-order valence-corrected chi connectivity index (χ3v) is 7.13.